The van der Waals surface area contributed by atoms with E-state index >= 15 is 0 Å². The maximum atomic E-state index is 12.2. The molecule has 0 atom stereocenters. The molecule has 23 heavy (non-hydrogen) atoms. The van der Waals surface area contributed by atoms with E-state index in [4.69, 9.17) is 0 Å². The van der Waals surface area contributed by atoms with Gasteiger partial charge in [0.15, 0.2) is 0 Å². The maximum Gasteiger partial charge on any atom is 0.252 e. The Bertz CT molecular complexity index is 641. The zero-order valence-corrected chi connectivity index (χ0v) is 15.1. The van der Waals surface area contributed by atoms with E-state index in [1.165, 1.54) is 10.6 Å². The number of nitrogens with zero attached hydrogens (tertiary/aromatic N) is 2. The van der Waals surface area contributed by atoms with Crippen LogP contribution in [0.5, 0.6) is 0 Å². The number of piperazine rings is 1. The Morgan fingerprint density at radius 1 is 1.22 bits per heavy atom. The van der Waals surface area contributed by atoms with Crippen LogP contribution in [0.1, 0.15) is 10.4 Å². The molecular formula is C15H23N3O3S2. The zero-order valence-electron chi connectivity index (χ0n) is 13.5. The Morgan fingerprint density at radius 3 is 2.48 bits per heavy atom. The van der Waals surface area contributed by atoms with E-state index < -0.39 is 10.0 Å². The van der Waals surface area contributed by atoms with Crippen molar-refractivity contribution in [1.82, 2.24) is 14.5 Å². The quantitative estimate of drug-likeness (QED) is 0.760. The lowest BCUT2D eigenvalue weighted by Crippen LogP contribution is -2.49. The number of carbonyl (C=O) groups is 1. The summed E-state index contributed by atoms with van der Waals surface area (Å²) in [6.07, 6.45) is 3.19. The molecule has 1 heterocycles. The second-order valence-electron chi connectivity index (χ2n) is 5.46. The molecule has 0 radical (unpaired) electrons. The molecule has 1 N–H and O–H groups in total. The number of nitrogens with one attached hydrogen (secondary N) is 1. The average Bonchev–Trinajstić information content (AvgIpc) is 2.54. The molecule has 1 aromatic rings. The number of carbonyl (C=O) groups excluding carboxylic acids is 1. The van der Waals surface area contributed by atoms with Gasteiger partial charge in [0.2, 0.25) is 10.0 Å². The Kier molecular flexibility index (Phi) is 6.46. The largest absolute Gasteiger partial charge is 0.351 e. The van der Waals surface area contributed by atoms with E-state index in [0.29, 0.717) is 38.3 Å². The summed E-state index contributed by atoms with van der Waals surface area (Å²) < 4.78 is 24.4. The van der Waals surface area contributed by atoms with Crippen molar-refractivity contribution in [3.05, 3.63) is 29.8 Å². The Hall–Kier alpha value is -1.09. The van der Waals surface area contributed by atoms with E-state index in [1.54, 1.807) is 11.8 Å². The Morgan fingerprint density at radius 2 is 1.87 bits per heavy atom. The van der Waals surface area contributed by atoms with Gasteiger partial charge in [-0.1, -0.05) is 12.1 Å². The monoisotopic (exact) mass is 357 g/mol. The molecule has 0 aromatic heterocycles. The van der Waals surface area contributed by atoms with E-state index in [9.17, 15) is 13.2 Å². The fourth-order valence-corrected chi connectivity index (χ4v) is 3.96. The summed E-state index contributed by atoms with van der Waals surface area (Å²) in [5, 5.41) is 2.94. The normalized spacial score (nSPS) is 17.1. The molecule has 1 amide bonds. The van der Waals surface area contributed by atoms with E-state index in [0.717, 1.165) is 11.4 Å². The third-order valence-corrected chi connectivity index (χ3v) is 5.96. The lowest BCUT2D eigenvalue weighted by atomic mass is 10.2. The van der Waals surface area contributed by atoms with E-state index in [-0.39, 0.29) is 5.91 Å². The molecule has 0 saturated carbocycles. The maximum absolute atomic E-state index is 12.2. The van der Waals surface area contributed by atoms with Crippen molar-refractivity contribution in [2.75, 3.05) is 51.8 Å². The summed E-state index contributed by atoms with van der Waals surface area (Å²) >= 11 is 1.55. The summed E-state index contributed by atoms with van der Waals surface area (Å²) in [6, 6.07) is 7.54. The fourth-order valence-electron chi connectivity index (χ4n) is 2.54. The average molecular weight is 358 g/mol. The van der Waals surface area contributed by atoms with Crippen molar-refractivity contribution in [3.63, 3.8) is 0 Å². The molecular weight excluding hydrogens is 334 g/mol. The minimum Gasteiger partial charge on any atom is -0.351 e. The van der Waals surface area contributed by atoms with E-state index in [2.05, 4.69) is 10.2 Å². The zero-order chi connectivity index (χ0) is 16.9. The standard InChI is InChI=1S/C15H23N3O3S2/c1-22-14-6-4-3-5-13(14)15(19)16-7-8-17-9-11-18(12-10-17)23(2,20)21/h3-6H,7-12H2,1-2H3,(H,16,19). The molecule has 1 aromatic carbocycles. The molecule has 1 aliphatic heterocycles. The smallest absolute Gasteiger partial charge is 0.252 e. The molecule has 0 bridgehead atoms. The number of sulfonamides is 1. The van der Waals surface area contributed by atoms with Crippen LogP contribution in [0.2, 0.25) is 0 Å². The highest BCUT2D eigenvalue weighted by atomic mass is 32.2. The van der Waals surface area contributed by atoms with Gasteiger partial charge in [0.1, 0.15) is 0 Å². The molecule has 1 fully saturated rings. The first-order valence-electron chi connectivity index (χ1n) is 7.50. The van der Waals surface area contributed by atoms with Gasteiger partial charge in [-0.05, 0) is 18.4 Å². The fraction of sp³-hybridized carbons (Fsp3) is 0.533. The number of hydrogen-bond acceptors (Lipinski definition) is 5. The summed E-state index contributed by atoms with van der Waals surface area (Å²) in [4.78, 5) is 15.4. The van der Waals surface area contributed by atoms with Gasteiger partial charge >= 0.3 is 0 Å². The molecule has 128 valence electrons. The van der Waals surface area contributed by atoms with Crippen molar-refractivity contribution >= 4 is 27.7 Å². The molecule has 1 aliphatic rings. The molecule has 0 unspecified atom stereocenters. The van der Waals surface area contributed by atoms with Crippen LogP contribution in [0.4, 0.5) is 0 Å². The molecule has 0 aliphatic carbocycles. The molecule has 6 nitrogen and oxygen atoms in total. The van der Waals surface area contributed by atoms with Gasteiger partial charge in [0.25, 0.3) is 5.91 Å². The molecule has 1 saturated heterocycles. The van der Waals surface area contributed by atoms with Gasteiger partial charge in [0.05, 0.1) is 11.8 Å². The minimum absolute atomic E-state index is 0.0651. The Labute approximate surface area is 142 Å². The second-order valence-corrected chi connectivity index (χ2v) is 8.29. The van der Waals surface area contributed by atoms with Crippen LogP contribution in [0.15, 0.2) is 29.2 Å². The van der Waals surface area contributed by atoms with Gasteiger partial charge in [-0.2, -0.15) is 4.31 Å². The topological polar surface area (TPSA) is 69.7 Å². The second kappa shape index (κ2) is 8.14. The number of benzene rings is 1. The van der Waals surface area contributed by atoms with Crippen LogP contribution in [0, 0.1) is 0 Å². The molecule has 2 rings (SSSR count). The van der Waals surface area contributed by atoms with Crippen LogP contribution < -0.4 is 5.32 Å². The lowest BCUT2D eigenvalue weighted by Gasteiger charge is -2.33. The van der Waals surface area contributed by atoms with Gasteiger partial charge in [-0.3, -0.25) is 9.69 Å². The van der Waals surface area contributed by atoms with Gasteiger partial charge in [-0.25, -0.2) is 8.42 Å². The first kappa shape index (κ1) is 18.3. The predicted molar refractivity (Wildman–Crippen MR) is 93.4 cm³/mol. The number of rotatable bonds is 6. The third-order valence-electron chi connectivity index (χ3n) is 3.87. The highest BCUT2D eigenvalue weighted by Gasteiger charge is 2.23. The Balaban J connectivity index is 1.77. The number of amides is 1. The van der Waals surface area contributed by atoms with Crippen molar-refractivity contribution in [2.24, 2.45) is 0 Å². The third kappa shape index (κ3) is 5.20. The van der Waals surface area contributed by atoms with Crippen LogP contribution in [-0.2, 0) is 10.0 Å². The van der Waals surface area contributed by atoms with Gasteiger partial charge in [0, 0.05) is 44.2 Å². The number of hydrogen-bond donors (Lipinski definition) is 1. The summed E-state index contributed by atoms with van der Waals surface area (Å²) in [5.74, 6) is -0.0651. The van der Waals surface area contributed by atoms with Crippen LogP contribution in [0.3, 0.4) is 0 Å². The first-order valence-corrected chi connectivity index (χ1v) is 10.6. The van der Waals surface area contributed by atoms with Crippen molar-refractivity contribution in [2.45, 2.75) is 4.90 Å². The minimum atomic E-state index is -3.09. The van der Waals surface area contributed by atoms with Crippen molar-refractivity contribution in [1.29, 1.82) is 0 Å². The first-order chi connectivity index (χ1) is 10.9. The van der Waals surface area contributed by atoms with Crippen molar-refractivity contribution < 1.29 is 13.2 Å². The highest BCUT2D eigenvalue weighted by Crippen LogP contribution is 2.19. The SMILES string of the molecule is CSc1ccccc1C(=O)NCCN1CCN(S(C)(=O)=O)CC1. The van der Waals surface area contributed by atoms with Gasteiger partial charge in [-0.15, -0.1) is 11.8 Å². The summed E-state index contributed by atoms with van der Waals surface area (Å²) in [6.45, 7) is 3.71. The molecule has 8 heteroatoms. The summed E-state index contributed by atoms with van der Waals surface area (Å²) in [5.41, 5.74) is 0.696. The highest BCUT2D eigenvalue weighted by molar-refractivity contribution is 7.98. The predicted octanol–water partition coefficient (Wildman–Crippen LogP) is 0.716. The van der Waals surface area contributed by atoms with Crippen LogP contribution >= 0.6 is 11.8 Å². The molecule has 0 spiro atoms. The van der Waals surface area contributed by atoms with Gasteiger partial charge < -0.3 is 5.32 Å². The summed E-state index contributed by atoms with van der Waals surface area (Å²) in [7, 11) is -3.09. The van der Waals surface area contributed by atoms with Crippen LogP contribution in [-0.4, -0.2) is 75.3 Å². The van der Waals surface area contributed by atoms with E-state index in [1.807, 2.05) is 30.5 Å². The van der Waals surface area contributed by atoms with Crippen molar-refractivity contribution in [3.8, 4) is 0 Å². The van der Waals surface area contributed by atoms with Crippen LogP contribution in [0.25, 0.3) is 0 Å². The number of thioether (sulfide) groups is 1. The lowest BCUT2D eigenvalue weighted by molar-refractivity contribution is 0.0942.